The molecule has 4 nitrogen and oxygen atoms in total. The van der Waals surface area contributed by atoms with Crippen molar-refractivity contribution in [3.63, 3.8) is 0 Å². The number of ether oxygens (including phenoxy) is 1. The number of aromatic hydroxyl groups is 1. The van der Waals surface area contributed by atoms with E-state index in [1.807, 2.05) is 38.1 Å². The standard InChI is InChI=1S/C16H21NO3.ClH/c1-11(2)17-9-12(18)10-20-16-8-4-5-13-14(16)6-3-7-15(13)19;/h3-8,11-12,17-19H,9-10H2,1-2H3;1H. The summed E-state index contributed by atoms with van der Waals surface area (Å²) in [7, 11) is 0. The highest BCUT2D eigenvalue weighted by Gasteiger charge is 2.09. The molecule has 0 spiro atoms. The second-order valence-electron chi connectivity index (χ2n) is 5.16. The summed E-state index contributed by atoms with van der Waals surface area (Å²) in [6.07, 6.45) is -0.565. The van der Waals surface area contributed by atoms with E-state index in [4.69, 9.17) is 4.74 Å². The van der Waals surface area contributed by atoms with Crippen LogP contribution in [-0.2, 0) is 0 Å². The minimum absolute atomic E-state index is 0. The van der Waals surface area contributed by atoms with Crippen molar-refractivity contribution in [2.24, 2.45) is 0 Å². The van der Waals surface area contributed by atoms with Crippen LogP contribution in [0.3, 0.4) is 0 Å². The van der Waals surface area contributed by atoms with E-state index in [0.717, 1.165) is 10.8 Å². The second kappa shape index (κ2) is 8.08. The summed E-state index contributed by atoms with van der Waals surface area (Å²) in [5.74, 6) is 0.900. The quantitative estimate of drug-likeness (QED) is 0.767. The number of aliphatic hydroxyl groups is 1. The number of nitrogens with one attached hydrogen (secondary N) is 1. The van der Waals surface area contributed by atoms with Gasteiger partial charge < -0.3 is 20.3 Å². The number of hydrogen-bond donors (Lipinski definition) is 3. The number of aliphatic hydroxyl groups excluding tert-OH is 1. The van der Waals surface area contributed by atoms with Gasteiger partial charge in [0.05, 0.1) is 0 Å². The number of phenolic OH excluding ortho intramolecular Hbond substituents is 1. The lowest BCUT2D eigenvalue weighted by molar-refractivity contribution is 0.105. The zero-order valence-corrected chi connectivity index (χ0v) is 13.1. The first kappa shape index (κ1) is 17.6. The van der Waals surface area contributed by atoms with Crippen LogP contribution < -0.4 is 10.1 Å². The minimum atomic E-state index is -0.565. The van der Waals surface area contributed by atoms with E-state index in [2.05, 4.69) is 5.32 Å². The molecule has 0 bridgehead atoms. The molecule has 0 aliphatic carbocycles. The zero-order valence-electron chi connectivity index (χ0n) is 12.2. The Labute approximate surface area is 131 Å². The van der Waals surface area contributed by atoms with Gasteiger partial charge in [-0.25, -0.2) is 0 Å². The Morgan fingerprint density at radius 1 is 1.10 bits per heavy atom. The highest BCUT2D eigenvalue weighted by molar-refractivity contribution is 5.92. The monoisotopic (exact) mass is 311 g/mol. The number of benzene rings is 2. The van der Waals surface area contributed by atoms with Crippen molar-refractivity contribution in [3.8, 4) is 11.5 Å². The maximum Gasteiger partial charge on any atom is 0.127 e. The molecule has 0 amide bonds. The average Bonchev–Trinajstić information content (AvgIpc) is 2.43. The topological polar surface area (TPSA) is 61.7 Å². The summed E-state index contributed by atoms with van der Waals surface area (Å²) in [5.41, 5.74) is 0. The van der Waals surface area contributed by atoms with Gasteiger partial charge in [0, 0.05) is 23.4 Å². The summed E-state index contributed by atoms with van der Waals surface area (Å²) in [6, 6.07) is 11.2. The van der Waals surface area contributed by atoms with Gasteiger partial charge >= 0.3 is 0 Å². The van der Waals surface area contributed by atoms with Crippen molar-refractivity contribution in [2.45, 2.75) is 26.0 Å². The number of phenols is 1. The normalized spacial score (nSPS) is 12.2. The molecule has 3 N–H and O–H groups in total. The summed E-state index contributed by atoms with van der Waals surface area (Å²) in [6.45, 7) is 4.77. The molecule has 0 aliphatic rings. The van der Waals surface area contributed by atoms with Crippen LogP contribution in [0.25, 0.3) is 10.8 Å². The Balaban J connectivity index is 0.00000220. The molecule has 116 valence electrons. The molecule has 0 aromatic heterocycles. The lowest BCUT2D eigenvalue weighted by Gasteiger charge is -2.16. The third kappa shape index (κ3) is 4.77. The summed E-state index contributed by atoms with van der Waals surface area (Å²) >= 11 is 0. The SMILES string of the molecule is CC(C)NCC(O)COc1cccc2c(O)cccc12.Cl. The van der Waals surface area contributed by atoms with Crippen LogP contribution in [-0.4, -0.2) is 35.5 Å². The van der Waals surface area contributed by atoms with Crippen LogP contribution in [0.2, 0.25) is 0 Å². The van der Waals surface area contributed by atoms with Crippen molar-refractivity contribution in [1.82, 2.24) is 5.32 Å². The van der Waals surface area contributed by atoms with Crippen LogP contribution in [0.5, 0.6) is 11.5 Å². The smallest absolute Gasteiger partial charge is 0.127 e. The molecule has 21 heavy (non-hydrogen) atoms. The number of fused-ring (bicyclic) bond motifs is 1. The maximum absolute atomic E-state index is 9.85. The van der Waals surface area contributed by atoms with E-state index < -0.39 is 6.10 Å². The maximum atomic E-state index is 9.85. The van der Waals surface area contributed by atoms with Crippen LogP contribution in [0.4, 0.5) is 0 Å². The predicted molar refractivity (Wildman–Crippen MR) is 87.5 cm³/mol. The number of hydrogen-bond acceptors (Lipinski definition) is 4. The van der Waals surface area contributed by atoms with Gasteiger partial charge in [-0.15, -0.1) is 12.4 Å². The fourth-order valence-corrected chi connectivity index (χ4v) is 2.01. The Hall–Kier alpha value is -1.49. The first-order valence-corrected chi connectivity index (χ1v) is 6.83. The van der Waals surface area contributed by atoms with Crippen molar-refractivity contribution in [3.05, 3.63) is 36.4 Å². The van der Waals surface area contributed by atoms with Gasteiger partial charge in [0.1, 0.15) is 24.2 Å². The Morgan fingerprint density at radius 2 is 1.76 bits per heavy atom. The predicted octanol–water partition coefficient (Wildman–Crippen LogP) is 2.70. The zero-order chi connectivity index (χ0) is 14.5. The van der Waals surface area contributed by atoms with Crippen LogP contribution in [0, 0.1) is 0 Å². The molecular weight excluding hydrogens is 290 g/mol. The van der Waals surface area contributed by atoms with E-state index in [0.29, 0.717) is 18.3 Å². The van der Waals surface area contributed by atoms with Gasteiger partial charge in [0.2, 0.25) is 0 Å². The highest BCUT2D eigenvalue weighted by Crippen LogP contribution is 2.31. The van der Waals surface area contributed by atoms with E-state index in [1.165, 1.54) is 0 Å². The van der Waals surface area contributed by atoms with Crippen LogP contribution >= 0.6 is 12.4 Å². The van der Waals surface area contributed by atoms with Crippen molar-refractivity contribution in [1.29, 1.82) is 0 Å². The fraction of sp³-hybridized carbons (Fsp3) is 0.375. The summed E-state index contributed by atoms with van der Waals surface area (Å²) in [4.78, 5) is 0. The first-order chi connectivity index (χ1) is 9.58. The number of rotatable bonds is 6. The molecule has 0 saturated heterocycles. The lowest BCUT2D eigenvalue weighted by atomic mass is 10.1. The van der Waals surface area contributed by atoms with Crippen molar-refractivity contribution >= 4 is 23.2 Å². The lowest BCUT2D eigenvalue weighted by Crippen LogP contribution is -2.35. The fourth-order valence-electron chi connectivity index (χ4n) is 2.01. The molecule has 0 radical (unpaired) electrons. The van der Waals surface area contributed by atoms with E-state index >= 15 is 0 Å². The Bertz CT molecular complexity index is 574. The van der Waals surface area contributed by atoms with E-state index in [-0.39, 0.29) is 24.8 Å². The molecule has 2 rings (SSSR count). The van der Waals surface area contributed by atoms with Gasteiger partial charge in [-0.05, 0) is 12.1 Å². The van der Waals surface area contributed by atoms with Crippen molar-refractivity contribution < 1.29 is 14.9 Å². The first-order valence-electron chi connectivity index (χ1n) is 6.83. The van der Waals surface area contributed by atoms with E-state index in [1.54, 1.807) is 12.1 Å². The molecule has 0 aliphatic heterocycles. The molecule has 1 unspecified atom stereocenters. The third-order valence-corrected chi connectivity index (χ3v) is 3.05. The molecule has 0 saturated carbocycles. The molecular formula is C16H22ClNO3. The largest absolute Gasteiger partial charge is 0.507 e. The van der Waals surface area contributed by atoms with E-state index in [9.17, 15) is 10.2 Å². The molecule has 0 heterocycles. The molecule has 2 aromatic rings. The Kier molecular flexibility index (Phi) is 6.75. The number of halogens is 1. The Morgan fingerprint density at radius 3 is 2.48 bits per heavy atom. The molecule has 1 atom stereocenters. The minimum Gasteiger partial charge on any atom is -0.507 e. The molecule has 5 heteroatoms. The van der Waals surface area contributed by atoms with Gasteiger partial charge in [0.25, 0.3) is 0 Å². The van der Waals surface area contributed by atoms with Crippen LogP contribution in [0.1, 0.15) is 13.8 Å². The van der Waals surface area contributed by atoms with Gasteiger partial charge in [-0.2, -0.15) is 0 Å². The second-order valence-corrected chi connectivity index (χ2v) is 5.16. The average molecular weight is 312 g/mol. The van der Waals surface area contributed by atoms with Gasteiger partial charge in [-0.3, -0.25) is 0 Å². The summed E-state index contributed by atoms with van der Waals surface area (Å²) in [5, 5.41) is 24.4. The summed E-state index contributed by atoms with van der Waals surface area (Å²) < 4.78 is 5.67. The van der Waals surface area contributed by atoms with Gasteiger partial charge in [0.15, 0.2) is 0 Å². The highest BCUT2D eigenvalue weighted by atomic mass is 35.5. The molecule has 2 aromatic carbocycles. The third-order valence-electron chi connectivity index (χ3n) is 3.05. The molecule has 0 fully saturated rings. The van der Waals surface area contributed by atoms with Crippen LogP contribution in [0.15, 0.2) is 36.4 Å². The van der Waals surface area contributed by atoms with Crippen molar-refractivity contribution in [2.75, 3.05) is 13.2 Å². The van der Waals surface area contributed by atoms with Gasteiger partial charge in [-0.1, -0.05) is 38.1 Å².